The van der Waals surface area contributed by atoms with E-state index in [9.17, 15) is 0 Å². The molecule has 0 amide bonds. The minimum atomic E-state index is -0.376. The van der Waals surface area contributed by atoms with Gasteiger partial charge in [0.25, 0.3) is 0 Å². The molecule has 1 aliphatic carbocycles. The van der Waals surface area contributed by atoms with Crippen molar-refractivity contribution in [2.75, 3.05) is 14.2 Å². The van der Waals surface area contributed by atoms with Gasteiger partial charge in [-0.1, -0.05) is 12.2 Å². The number of hydrogen-bond acceptors (Lipinski definition) is 3. The molecular weight excluding hydrogens is 154 g/mol. The van der Waals surface area contributed by atoms with Crippen LogP contribution in [-0.2, 0) is 9.47 Å². The lowest BCUT2D eigenvalue weighted by molar-refractivity contribution is 0.0804. The predicted molar refractivity (Wildman–Crippen MR) is 47.6 cm³/mol. The summed E-state index contributed by atoms with van der Waals surface area (Å²) in [6.45, 7) is 1.95. The molecule has 68 valence electrons. The third kappa shape index (κ3) is 1.68. The van der Waals surface area contributed by atoms with Gasteiger partial charge < -0.3 is 15.2 Å². The Labute approximate surface area is 72.8 Å². The zero-order valence-electron chi connectivity index (χ0n) is 7.70. The van der Waals surface area contributed by atoms with Gasteiger partial charge in [0.15, 0.2) is 0 Å². The van der Waals surface area contributed by atoms with Gasteiger partial charge in [0.1, 0.15) is 11.7 Å². The molecular formula is C9H15NO2. The van der Waals surface area contributed by atoms with Gasteiger partial charge in [-0.2, -0.15) is 0 Å². The smallest absolute Gasteiger partial charge is 0.114 e. The molecule has 3 heteroatoms. The van der Waals surface area contributed by atoms with Gasteiger partial charge in [0, 0.05) is 19.9 Å². The summed E-state index contributed by atoms with van der Waals surface area (Å²) in [6.07, 6.45) is 5.60. The van der Waals surface area contributed by atoms with Gasteiger partial charge in [-0.3, -0.25) is 0 Å². The van der Waals surface area contributed by atoms with Crippen LogP contribution in [0.5, 0.6) is 0 Å². The fourth-order valence-corrected chi connectivity index (χ4v) is 1.19. The number of hydrogen-bond donors (Lipinski definition) is 1. The molecule has 0 bridgehead atoms. The topological polar surface area (TPSA) is 44.5 Å². The lowest BCUT2D eigenvalue weighted by Crippen LogP contribution is -2.31. The van der Waals surface area contributed by atoms with Crippen molar-refractivity contribution in [1.82, 2.24) is 0 Å². The molecule has 0 spiro atoms. The monoisotopic (exact) mass is 169 g/mol. The van der Waals surface area contributed by atoms with E-state index in [1.165, 1.54) is 0 Å². The summed E-state index contributed by atoms with van der Waals surface area (Å²) in [5.41, 5.74) is 6.07. The maximum absolute atomic E-state index is 5.75. The van der Waals surface area contributed by atoms with Gasteiger partial charge >= 0.3 is 0 Å². The second kappa shape index (κ2) is 3.29. The quantitative estimate of drug-likeness (QED) is 0.622. The molecule has 0 radical (unpaired) electrons. The Bertz CT molecular complexity index is 223. The van der Waals surface area contributed by atoms with Gasteiger partial charge in [-0.05, 0) is 13.0 Å². The number of ether oxygens (including phenoxy) is 2. The van der Waals surface area contributed by atoms with Crippen LogP contribution < -0.4 is 5.73 Å². The molecule has 2 atom stereocenters. The maximum Gasteiger partial charge on any atom is 0.114 e. The first-order chi connectivity index (χ1) is 5.61. The molecule has 0 saturated heterocycles. The van der Waals surface area contributed by atoms with E-state index in [-0.39, 0.29) is 11.7 Å². The van der Waals surface area contributed by atoms with Crippen LogP contribution in [0.15, 0.2) is 23.9 Å². The standard InChI is InChI=1S/C9H15NO2/c1-9(12-3)5-4-8(11-2)7(10)6-9/h4-6,8H,10H2,1-3H3. The number of methoxy groups -OCH3 is 2. The molecule has 3 nitrogen and oxygen atoms in total. The fourth-order valence-electron chi connectivity index (χ4n) is 1.19. The Balaban J connectivity index is 2.81. The first-order valence-corrected chi connectivity index (χ1v) is 3.87. The van der Waals surface area contributed by atoms with Crippen molar-refractivity contribution in [1.29, 1.82) is 0 Å². The molecule has 0 aliphatic heterocycles. The van der Waals surface area contributed by atoms with E-state index in [1.807, 2.05) is 25.2 Å². The SMILES string of the molecule is COC1C=CC(C)(OC)C=C1N. The highest BCUT2D eigenvalue weighted by Crippen LogP contribution is 2.21. The largest absolute Gasteiger partial charge is 0.400 e. The van der Waals surface area contributed by atoms with Crippen molar-refractivity contribution >= 4 is 0 Å². The van der Waals surface area contributed by atoms with Crippen molar-refractivity contribution in [3.63, 3.8) is 0 Å². The van der Waals surface area contributed by atoms with Gasteiger partial charge in [0.05, 0.1) is 0 Å². The van der Waals surface area contributed by atoms with Crippen LogP contribution >= 0.6 is 0 Å². The van der Waals surface area contributed by atoms with Gasteiger partial charge in [0.2, 0.25) is 0 Å². The number of nitrogens with two attached hydrogens (primary N) is 1. The van der Waals surface area contributed by atoms with E-state index < -0.39 is 0 Å². The molecule has 0 saturated carbocycles. The molecule has 1 rings (SSSR count). The molecule has 0 aromatic heterocycles. The molecule has 0 heterocycles. The van der Waals surface area contributed by atoms with Crippen LogP contribution in [-0.4, -0.2) is 25.9 Å². The highest BCUT2D eigenvalue weighted by Gasteiger charge is 2.24. The first-order valence-electron chi connectivity index (χ1n) is 3.87. The predicted octanol–water partition coefficient (Wildman–Crippen LogP) is 0.819. The van der Waals surface area contributed by atoms with Gasteiger partial charge in [-0.25, -0.2) is 0 Å². The van der Waals surface area contributed by atoms with Crippen LogP contribution in [0.25, 0.3) is 0 Å². The van der Waals surface area contributed by atoms with Crippen LogP contribution in [0.2, 0.25) is 0 Å². The summed E-state index contributed by atoms with van der Waals surface area (Å²) >= 11 is 0. The zero-order chi connectivity index (χ0) is 9.19. The van der Waals surface area contributed by atoms with Crippen molar-refractivity contribution in [3.8, 4) is 0 Å². The average Bonchev–Trinajstić information content (AvgIpc) is 2.05. The van der Waals surface area contributed by atoms with E-state index in [0.29, 0.717) is 5.70 Å². The summed E-state index contributed by atoms with van der Waals surface area (Å²) in [7, 11) is 3.28. The summed E-state index contributed by atoms with van der Waals surface area (Å²) in [6, 6.07) is 0. The summed E-state index contributed by atoms with van der Waals surface area (Å²) < 4.78 is 10.3. The normalized spacial score (nSPS) is 34.9. The summed E-state index contributed by atoms with van der Waals surface area (Å²) in [4.78, 5) is 0. The molecule has 0 fully saturated rings. The lowest BCUT2D eigenvalue weighted by atomic mass is 9.97. The molecule has 0 aromatic carbocycles. The van der Waals surface area contributed by atoms with Crippen molar-refractivity contribution < 1.29 is 9.47 Å². The Morgan fingerprint density at radius 1 is 1.50 bits per heavy atom. The fraction of sp³-hybridized carbons (Fsp3) is 0.556. The van der Waals surface area contributed by atoms with E-state index >= 15 is 0 Å². The van der Waals surface area contributed by atoms with E-state index in [0.717, 1.165) is 0 Å². The summed E-state index contributed by atoms with van der Waals surface area (Å²) in [5.74, 6) is 0. The zero-order valence-corrected chi connectivity index (χ0v) is 7.70. The Hall–Kier alpha value is -0.800. The molecule has 0 aromatic rings. The van der Waals surface area contributed by atoms with Gasteiger partial charge in [-0.15, -0.1) is 0 Å². The van der Waals surface area contributed by atoms with Crippen molar-refractivity contribution in [2.24, 2.45) is 5.73 Å². The average molecular weight is 169 g/mol. The van der Waals surface area contributed by atoms with Crippen LogP contribution in [0.4, 0.5) is 0 Å². The summed E-state index contributed by atoms with van der Waals surface area (Å²) in [5, 5.41) is 0. The van der Waals surface area contributed by atoms with Crippen LogP contribution in [0.3, 0.4) is 0 Å². The first kappa shape index (κ1) is 9.29. The second-order valence-electron chi connectivity index (χ2n) is 3.05. The van der Waals surface area contributed by atoms with E-state index in [1.54, 1.807) is 14.2 Å². The highest BCUT2D eigenvalue weighted by atomic mass is 16.5. The third-order valence-electron chi connectivity index (χ3n) is 2.08. The molecule has 2 N–H and O–H groups in total. The lowest BCUT2D eigenvalue weighted by Gasteiger charge is -2.27. The minimum Gasteiger partial charge on any atom is -0.400 e. The Kier molecular flexibility index (Phi) is 2.55. The maximum atomic E-state index is 5.75. The Morgan fingerprint density at radius 3 is 2.58 bits per heavy atom. The Morgan fingerprint density at radius 2 is 2.17 bits per heavy atom. The number of rotatable bonds is 2. The third-order valence-corrected chi connectivity index (χ3v) is 2.08. The van der Waals surface area contributed by atoms with Crippen molar-refractivity contribution in [3.05, 3.63) is 23.9 Å². The van der Waals surface area contributed by atoms with E-state index in [2.05, 4.69) is 0 Å². The molecule has 1 aliphatic rings. The highest BCUT2D eigenvalue weighted by molar-refractivity contribution is 5.28. The molecule has 2 unspecified atom stereocenters. The van der Waals surface area contributed by atoms with Crippen LogP contribution in [0.1, 0.15) is 6.92 Å². The van der Waals surface area contributed by atoms with Crippen LogP contribution in [0, 0.1) is 0 Å². The van der Waals surface area contributed by atoms with Crippen molar-refractivity contribution in [2.45, 2.75) is 18.6 Å². The van der Waals surface area contributed by atoms with E-state index in [4.69, 9.17) is 15.2 Å². The second-order valence-corrected chi connectivity index (χ2v) is 3.05. The molecule has 12 heavy (non-hydrogen) atoms. The minimum absolute atomic E-state index is 0.103.